The second-order valence-electron chi connectivity index (χ2n) is 4.04. The second-order valence-corrected chi connectivity index (χ2v) is 4.04. The van der Waals surface area contributed by atoms with E-state index in [1.165, 1.54) is 22.8 Å². The van der Waals surface area contributed by atoms with Gasteiger partial charge in [-0.15, -0.1) is 65.4 Å². The van der Waals surface area contributed by atoms with Gasteiger partial charge in [0.2, 0.25) is 0 Å². The Kier molecular flexibility index (Phi) is 9.53. The van der Waals surface area contributed by atoms with E-state index in [1.807, 2.05) is 0 Å². The third-order valence-electron chi connectivity index (χ3n) is 2.40. The van der Waals surface area contributed by atoms with Crippen molar-refractivity contribution in [3.63, 3.8) is 0 Å². The van der Waals surface area contributed by atoms with Crippen molar-refractivity contribution in [2.45, 2.75) is 20.3 Å². The summed E-state index contributed by atoms with van der Waals surface area (Å²) in [6, 6.07) is 13.1. The van der Waals surface area contributed by atoms with Gasteiger partial charge in [-0.1, -0.05) is 32.3 Å². The van der Waals surface area contributed by atoms with Crippen LogP contribution in [0.3, 0.4) is 0 Å². The quantitative estimate of drug-likeness (QED) is 0.560. The number of hydrogen-bond donors (Lipinski definition) is 0. The van der Waals surface area contributed by atoms with Gasteiger partial charge in [-0.2, -0.15) is 6.07 Å². The molecule has 0 saturated carbocycles. The number of hydrogen-bond acceptors (Lipinski definition) is 0. The number of benzene rings is 1. The molecule has 0 aliphatic carbocycles. The van der Waals surface area contributed by atoms with Gasteiger partial charge >= 0.3 is 0 Å². The molecule has 2 aromatic rings. The van der Waals surface area contributed by atoms with E-state index in [-0.39, 0.29) is 46.5 Å². The molecule has 0 spiro atoms. The average molecular weight is 292 g/mol. The molecular formula is C13H17Cl2Ti-. The van der Waals surface area contributed by atoms with E-state index in [9.17, 15) is 0 Å². The number of rotatable bonds is 2. The van der Waals surface area contributed by atoms with Gasteiger partial charge in [-0.25, -0.2) is 0 Å². The maximum Gasteiger partial charge on any atom is 0 e. The van der Waals surface area contributed by atoms with Crippen LogP contribution < -0.4 is 0 Å². The molecular weight excluding hydrogens is 275 g/mol. The molecule has 0 N–H and O–H groups in total. The summed E-state index contributed by atoms with van der Waals surface area (Å²) in [5, 5.41) is 2.80. The van der Waals surface area contributed by atoms with Crippen LogP contribution in [0.15, 0.2) is 36.4 Å². The number of fused-ring (bicyclic) bond motifs is 1. The zero-order chi connectivity index (χ0) is 9.26. The van der Waals surface area contributed by atoms with Crippen LogP contribution in [0.25, 0.3) is 10.8 Å². The fourth-order valence-corrected chi connectivity index (χ4v) is 1.83. The minimum absolute atomic E-state index is 0. The summed E-state index contributed by atoms with van der Waals surface area (Å²) in [4.78, 5) is 0. The van der Waals surface area contributed by atoms with E-state index in [2.05, 4.69) is 50.2 Å². The minimum atomic E-state index is 0. The van der Waals surface area contributed by atoms with Crippen LogP contribution in [-0.2, 0) is 28.1 Å². The Bertz CT molecular complexity index is 407. The Morgan fingerprint density at radius 1 is 1.06 bits per heavy atom. The molecule has 2 rings (SSSR count). The molecule has 0 radical (unpaired) electrons. The first-order chi connectivity index (χ1) is 6.27. The van der Waals surface area contributed by atoms with Crippen LogP contribution in [-0.4, -0.2) is 0 Å². The Labute approximate surface area is 125 Å². The molecule has 0 unspecified atom stereocenters. The van der Waals surface area contributed by atoms with Crippen LogP contribution in [0.4, 0.5) is 0 Å². The van der Waals surface area contributed by atoms with Crippen LogP contribution >= 0.6 is 24.8 Å². The van der Waals surface area contributed by atoms with Crippen LogP contribution in [0.1, 0.15) is 19.4 Å². The van der Waals surface area contributed by atoms with Crippen molar-refractivity contribution < 1.29 is 21.7 Å². The van der Waals surface area contributed by atoms with E-state index in [1.54, 1.807) is 0 Å². The number of halogens is 2. The van der Waals surface area contributed by atoms with Crippen molar-refractivity contribution in [2.24, 2.45) is 5.92 Å². The SMILES string of the molecule is CC(C)C[c-]1ccc2ccccc21.Cl.Cl.[Ti]. The summed E-state index contributed by atoms with van der Waals surface area (Å²) in [6.07, 6.45) is 1.19. The third-order valence-corrected chi connectivity index (χ3v) is 2.40. The zero-order valence-corrected chi connectivity index (χ0v) is 12.8. The van der Waals surface area contributed by atoms with E-state index in [0.717, 1.165) is 5.92 Å². The van der Waals surface area contributed by atoms with E-state index in [0.29, 0.717) is 0 Å². The summed E-state index contributed by atoms with van der Waals surface area (Å²) in [5.41, 5.74) is 1.49. The third kappa shape index (κ3) is 4.18. The van der Waals surface area contributed by atoms with E-state index in [4.69, 9.17) is 0 Å². The monoisotopic (exact) mass is 291 g/mol. The second kappa shape index (κ2) is 8.25. The average Bonchev–Trinajstić information content (AvgIpc) is 2.48. The predicted octanol–water partition coefficient (Wildman–Crippen LogP) is 4.60. The summed E-state index contributed by atoms with van der Waals surface area (Å²) in [5.74, 6) is 0.741. The van der Waals surface area contributed by atoms with Gasteiger partial charge in [0.1, 0.15) is 0 Å². The fourth-order valence-electron chi connectivity index (χ4n) is 1.83. The summed E-state index contributed by atoms with van der Waals surface area (Å²) in [7, 11) is 0. The van der Waals surface area contributed by atoms with Crippen molar-refractivity contribution in [3.05, 3.63) is 42.0 Å². The van der Waals surface area contributed by atoms with Gasteiger partial charge in [-0.3, -0.25) is 0 Å². The van der Waals surface area contributed by atoms with Gasteiger partial charge in [0.25, 0.3) is 0 Å². The maximum absolute atomic E-state index is 2.27. The molecule has 0 aromatic heterocycles. The van der Waals surface area contributed by atoms with Gasteiger partial charge in [0.15, 0.2) is 0 Å². The van der Waals surface area contributed by atoms with Crippen molar-refractivity contribution in [3.8, 4) is 0 Å². The Hall–Kier alpha value is 0.124. The molecule has 88 valence electrons. The minimum Gasteiger partial charge on any atom is -0.168 e. The maximum atomic E-state index is 2.27. The van der Waals surface area contributed by atoms with Gasteiger partial charge in [-0.05, 0) is 0 Å². The molecule has 16 heavy (non-hydrogen) atoms. The molecule has 0 saturated heterocycles. The molecule has 0 fully saturated rings. The van der Waals surface area contributed by atoms with Crippen molar-refractivity contribution in [1.29, 1.82) is 0 Å². The Morgan fingerprint density at radius 3 is 2.31 bits per heavy atom. The van der Waals surface area contributed by atoms with E-state index < -0.39 is 0 Å². The molecule has 2 aromatic carbocycles. The normalized spacial score (nSPS) is 9.19. The summed E-state index contributed by atoms with van der Waals surface area (Å²) < 4.78 is 0. The molecule has 3 heteroatoms. The van der Waals surface area contributed by atoms with E-state index >= 15 is 0 Å². The molecule has 0 amide bonds. The predicted molar refractivity (Wildman–Crippen MR) is 72.6 cm³/mol. The summed E-state index contributed by atoms with van der Waals surface area (Å²) in [6.45, 7) is 4.53. The summed E-state index contributed by atoms with van der Waals surface area (Å²) >= 11 is 0. The van der Waals surface area contributed by atoms with Crippen LogP contribution in [0.2, 0.25) is 0 Å². The zero-order valence-electron chi connectivity index (χ0n) is 9.57. The first-order valence-electron chi connectivity index (χ1n) is 4.90. The van der Waals surface area contributed by atoms with Crippen LogP contribution in [0.5, 0.6) is 0 Å². The van der Waals surface area contributed by atoms with Gasteiger partial charge < -0.3 is 0 Å². The molecule has 0 heterocycles. The Morgan fingerprint density at radius 2 is 1.69 bits per heavy atom. The molecule has 0 aliphatic heterocycles. The Balaban J connectivity index is 0. The first-order valence-corrected chi connectivity index (χ1v) is 4.90. The molecule has 0 atom stereocenters. The fraction of sp³-hybridized carbons (Fsp3) is 0.308. The smallest absolute Gasteiger partial charge is 0 e. The topological polar surface area (TPSA) is 0 Å². The van der Waals surface area contributed by atoms with Crippen molar-refractivity contribution in [2.75, 3.05) is 0 Å². The van der Waals surface area contributed by atoms with Crippen molar-refractivity contribution >= 4 is 35.6 Å². The standard InChI is InChI=1S/C13H15.2ClH.Ti/c1-10(2)9-12-8-7-11-5-3-4-6-13(11)12;;;/h3-8,10H,9H2,1-2H3;2*1H;/q-1;;;. The molecule has 0 aliphatic rings. The molecule has 0 nitrogen and oxygen atoms in total. The van der Waals surface area contributed by atoms with Crippen LogP contribution in [0, 0.1) is 5.92 Å². The largest absolute Gasteiger partial charge is 0.168 e. The molecule has 0 bridgehead atoms. The van der Waals surface area contributed by atoms with Gasteiger partial charge in [0.05, 0.1) is 0 Å². The van der Waals surface area contributed by atoms with Gasteiger partial charge in [0, 0.05) is 21.7 Å². The first kappa shape index (κ1) is 18.5. The van der Waals surface area contributed by atoms with Crippen molar-refractivity contribution in [1.82, 2.24) is 0 Å².